The fraction of sp³-hybridized carbons (Fsp3) is 0.200. The summed E-state index contributed by atoms with van der Waals surface area (Å²) in [6, 6.07) is 3.78. The highest BCUT2D eigenvalue weighted by Crippen LogP contribution is 2.31. The number of nitrogens with zero attached hydrogens (tertiary/aromatic N) is 1. The molecule has 8 nitrogen and oxygen atoms in total. The molecule has 0 fully saturated rings. The lowest BCUT2D eigenvalue weighted by atomic mass is 10.1. The number of aromatic nitrogens is 1. The third-order valence-electron chi connectivity index (χ3n) is 3.11. The van der Waals surface area contributed by atoms with Gasteiger partial charge in [-0.2, -0.15) is 0 Å². The lowest BCUT2D eigenvalue weighted by Crippen LogP contribution is -2.30. The van der Waals surface area contributed by atoms with Crippen LogP contribution >= 0.6 is 11.6 Å². The Kier molecular flexibility index (Phi) is 6.64. The number of pyridine rings is 1. The van der Waals surface area contributed by atoms with Crippen molar-refractivity contribution in [1.29, 1.82) is 0 Å². The fourth-order valence-electron chi connectivity index (χ4n) is 1.83. The third kappa shape index (κ3) is 4.76. The summed E-state index contributed by atoms with van der Waals surface area (Å²) in [5.74, 6) is -3.46. The van der Waals surface area contributed by atoms with Gasteiger partial charge in [-0.25, -0.2) is 19.2 Å². The summed E-state index contributed by atoms with van der Waals surface area (Å²) in [5, 5.41) is 19.7. The van der Waals surface area contributed by atoms with Crippen molar-refractivity contribution in [1.82, 2.24) is 10.5 Å². The molecule has 0 spiro atoms. The molecular weight excluding hydrogens is 374 g/mol. The maximum atomic E-state index is 14.3. The largest absolute Gasteiger partial charge is 0.394 e. The zero-order valence-corrected chi connectivity index (χ0v) is 13.9. The average Bonchev–Trinajstić information content (AvgIpc) is 2.63. The lowest BCUT2D eigenvalue weighted by Gasteiger charge is -2.15. The number of carbonyl (C=O) groups excluding carboxylic acids is 1. The molecule has 26 heavy (non-hydrogen) atoms. The minimum atomic E-state index is -1.38. The van der Waals surface area contributed by atoms with Gasteiger partial charge in [-0.1, -0.05) is 11.6 Å². The number of hydroxylamine groups is 1. The minimum Gasteiger partial charge on any atom is -0.394 e. The number of amides is 1. The number of rotatable bonds is 7. The molecule has 1 amide bonds. The normalized spacial score (nSPS) is 11.9. The maximum Gasteiger partial charge on any atom is 0.277 e. The van der Waals surface area contributed by atoms with E-state index in [1.165, 1.54) is 18.3 Å². The van der Waals surface area contributed by atoms with E-state index >= 15 is 0 Å². The molecule has 0 aliphatic carbocycles. The Bertz CT molecular complexity index is 792. The van der Waals surface area contributed by atoms with Crippen LogP contribution in [0.15, 0.2) is 24.4 Å². The second kappa shape index (κ2) is 8.72. The number of aliphatic hydroxyl groups excluding tert-OH is 2. The highest BCUT2D eigenvalue weighted by molar-refractivity contribution is 6.31. The molecule has 2 aromatic rings. The molecule has 1 aromatic heterocycles. The summed E-state index contributed by atoms with van der Waals surface area (Å²) in [6.45, 7) is -0.992. The van der Waals surface area contributed by atoms with E-state index in [0.29, 0.717) is 0 Å². The highest BCUT2D eigenvalue weighted by Gasteiger charge is 2.22. The number of hydrogen-bond acceptors (Lipinski definition) is 7. The molecular formula is C15H15ClF2N4O4. The SMILES string of the molecule is Nc1ccc(Nc2c(C(=O)NOCC(O)CO)cc(Cl)c(F)c2F)cn1. The van der Waals surface area contributed by atoms with Crippen molar-refractivity contribution in [2.45, 2.75) is 6.10 Å². The molecule has 11 heteroatoms. The van der Waals surface area contributed by atoms with Gasteiger partial charge in [0.2, 0.25) is 0 Å². The molecule has 6 N–H and O–H groups in total. The molecule has 0 radical (unpaired) electrons. The van der Waals surface area contributed by atoms with E-state index in [9.17, 15) is 13.6 Å². The summed E-state index contributed by atoms with van der Waals surface area (Å²) >= 11 is 5.60. The number of nitrogen functional groups attached to an aromatic ring is 1. The maximum absolute atomic E-state index is 14.3. The van der Waals surface area contributed by atoms with Gasteiger partial charge in [0.25, 0.3) is 5.91 Å². The zero-order valence-electron chi connectivity index (χ0n) is 13.2. The molecule has 0 aliphatic rings. The van der Waals surface area contributed by atoms with E-state index < -0.39 is 47.6 Å². The quantitative estimate of drug-likeness (QED) is 0.357. The number of benzene rings is 1. The van der Waals surface area contributed by atoms with E-state index in [-0.39, 0.29) is 17.1 Å². The van der Waals surface area contributed by atoms with Crippen molar-refractivity contribution >= 4 is 34.7 Å². The number of nitrogens with one attached hydrogen (secondary N) is 2. The van der Waals surface area contributed by atoms with Gasteiger partial charge in [0.15, 0.2) is 11.6 Å². The summed E-state index contributed by atoms with van der Waals surface area (Å²) in [5.41, 5.74) is 6.78. The molecule has 0 saturated carbocycles. The zero-order chi connectivity index (χ0) is 19.3. The van der Waals surface area contributed by atoms with Crippen molar-refractivity contribution in [3.05, 3.63) is 46.6 Å². The average molecular weight is 389 g/mol. The second-order valence-electron chi connectivity index (χ2n) is 5.08. The number of carbonyl (C=O) groups is 1. The van der Waals surface area contributed by atoms with Crippen LogP contribution in [0.25, 0.3) is 0 Å². The van der Waals surface area contributed by atoms with Crippen LogP contribution in [-0.4, -0.2) is 40.4 Å². The summed E-state index contributed by atoms with van der Waals surface area (Å²) < 4.78 is 28.1. The predicted molar refractivity (Wildman–Crippen MR) is 89.8 cm³/mol. The number of anilines is 3. The van der Waals surface area contributed by atoms with Gasteiger partial charge in [0, 0.05) is 0 Å². The Balaban J connectivity index is 2.29. The molecule has 1 aromatic carbocycles. The third-order valence-corrected chi connectivity index (χ3v) is 3.39. The highest BCUT2D eigenvalue weighted by atomic mass is 35.5. The Morgan fingerprint density at radius 2 is 2.12 bits per heavy atom. The molecule has 1 unspecified atom stereocenters. The summed E-state index contributed by atoms with van der Waals surface area (Å²) in [4.78, 5) is 20.7. The van der Waals surface area contributed by atoms with Crippen LogP contribution in [0.2, 0.25) is 5.02 Å². The van der Waals surface area contributed by atoms with Crippen LogP contribution in [0.1, 0.15) is 10.4 Å². The topological polar surface area (TPSA) is 130 Å². The summed E-state index contributed by atoms with van der Waals surface area (Å²) in [7, 11) is 0. The smallest absolute Gasteiger partial charge is 0.277 e. The first-order valence-electron chi connectivity index (χ1n) is 7.20. The van der Waals surface area contributed by atoms with Crippen LogP contribution in [-0.2, 0) is 4.84 Å². The Morgan fingerprint density at radius 3 is 2.73 bits per heavy atom. The molecule has 2 rings (SSSR count). The Hall–Kier alpha value is -2.53. The lowest BCUT2D eigenvalue weighted by molar-refractivity contribution is -0.0295. The van der Waals surface area contributed by atoms with Crippen LogP contribution in [0.3, 0.4) is 0 Å². The molecule has 0 saturated heterocycles. The molecule has 1 heterocycles. The van der Waals surface area contributed by atoms with Crippen molar-refractivity contribution < 1.29 is 28.6 Å². The number of aliphatic hydroxyl groups is 2. The first kappa shape index (κ1) is 19.8. The van der Waals surface area contributed by atoms with Gasteiger partial charge in [-0.05, 0) is 18.2 Å². The van der Waals surface area contributed by atoms with Crippen LogP contribution < -0.4 is 16.5 Å². The van der Waals surface area contributed by atoms with E-state index in [0.717, 1.165) is 6.07 Å². The van der Waals surface area contributed by atoms with Crippen molar-refractivity contribution in [2.24, 2.45) is 0 Å². The molecule has 140 valence electrons. The summed E-state index contributed by atoms with van der Waals surface area (Å²) in [6.07, 6.45) is 0.0409. The first-order chi connectivity index (χ1) is 12.3. The van der Waals surface area contributed by atoms with Crippen molar-refractivity contribution in [2.75, 3.05) is 24.3 Å². The molecule has 0 bridgehead atoms. The van der Waals surface area contributed by atoms with E-state index in [1.54, 1.807) is 0 Å². The van der Waals surface area contributed by atoms with Gasteiger partial charge in [0.1, 0.15) is 18.5 Å². The number of halogens is 3. The Morgan fingerprint density at radius 1 is 1.38 bits per heavy atom. The van der Waals surface area contributed by atoms with Crippen LogP contribution in [0.4, 0.5) is 26.0 Å². The van der Waals surface area contributed by atoms with Gasteiger partial charge >= 0.3 is 0 Å². The van der Waals surface area contributed by atoms with Crippen LogP contribution in [0, 0.1) is 11.6 Å². The van der Waals surface area contributed by atoms with E-state index in [4.69, 9.17) is 32.4 Å². The van der Waals surface area contributed by atoms with Crippen molar-refractivity contribution in [3.63, 3.8) is 0 Å². The number of hydrogen-bond donors (Lipinski definition) is 5. The van der Waals surface area contributed by atoms with Gasteiger partial charge in [-0.3, -0.25) is 9.63 Å². The second-order valence-corrected chi connectivity index (χ2v) is 5.49. The van der Waals surface area contributed by atoms with Gasteiger partial charge in [-0.15, -0.1) is 0 Å². The monoisotopic (exact) mass is 388 g/mol. The molecule has 0 aliphatic heterocycles. The van der Waals surface area contributed by atoms with Gasteiger partial charge in [0.05, 0.1) is 34.8 Å². The fourth-order valence-corrected chi connectivity index (χ4v) is 2.02. The molecule has 1 atom stereocenters. The standard InChI is InChI=1S/C15H15ClF2N4O4/c16-10-3-9(15(25)22-26-6-8(24)5-23)14(13(18)12(10)17)21-7-1-2-11(19)20-4-7/h1-4,8,21,23-24H,5-6H2,(H2,19,20)(H,22,25). The Labute approximate surface area is 151 Å². The first-order valence-corrected chi connectivity index (χ1v) is 7.58. The van der Waals surface area contributed by atoms with E-state index in [2.05, 4.69) is 10.3 Å². The van der Waals surface area contributed by atoms with Gasteiger partial charge < -0.3 is 21.3 Å². The van der Waals surface area contributed by atoms with Crippen LogP contribution in [0.5, 0.6) is 0 Å². The number of nitrogens with two attached hydrogens (primary N) is 1. The predicted octanol–water partition coefficient (Wildman–Crippen LogP) is 1.35. The van der Waals surface area contributed by atoms with Crippen molar-refractivity contribution in [3.8, 4) is 0 Å². The minimum absolute atomic E-state index is 0.215. The van der Waals surface area contributed by atoms with E-state index in [1.807, 2.05) is 5.48 Å².